The van der Waals surface area contributed by atoms with E-state index < -0.39 is 5.91 Å². The summed E-state index contributed by atoms with van der Waals surface area (Å²) in [5, 5.41) is 14.6. The second-order valence-corrected chi connectivity index (χ2v) is 9.38. The Morgan fingerprint density at radius 3 is 2.72 bits per heavy atom. The lowest BCUT2D eigenvalue weighted by atomic mass is 10.1. The summed E-state index contributed by atoms with van der Waals surface area (Å²) in [6, 6.07) is 5.30. The number of rotatable bonds is 2. The van der Waals surface area contributed by atoms with Crippen molar-refractivity contribution in [3.63, 3.8) is 0 Å². The van der Waals surface area contributed by atoms with E-state index in [2.05, 4.69) is 30.3 Å². The minimum absolute atomic E-state index is 0.214. The van der Waals surface area contributed by atoms with Gasteiger partial charge in [-0.25, -0.2) is 4.98 Å². The summed E-state index contributed by atoms with van der Waals surface area (Å²) in [6.45, 7) is 1.42. The Morgan fingerprint density at radius 1 is 1.03 bits per heavy atom. The van der Waals surface area contributed by atoms with Crippen LogP contribution in [0.1, 0.15) is 53.1 Å². The van der Waals surface area contributed by atoms with Crippen LogP contribution in [0.2, 0.25) is 0 Å². The van der Waals surface area contributed by atoms with E-state index >= 15 is 0 Å². The van der Waals surface area contributed by atoms with Gasteiger partial charge in [-0.05, 0) is 25.0 Å². The molecule has 0 aromatic carbocycles. The second-order valence-electron chi connectivity index (χ2n) is 7.62. The van der Waals surface area contributed by atoms with Gasteiger partial charge in [0, 0.05) is 24.8 Å². The minimum atomic E-state index is -0.393. The van der Waals surface area contributed by atoms with Crippen molar-refractivity contribution in [2.45, 2.75) is 43.2 Å². The first-order valence-electron chi connectivity index (χ1n) is 10.6. The van der Waals surface area contributed by atoms with E-state index in [0.717, 1.165) is 44.2 Å². The lowest BCUT2D eigenvalue weighted by Gasteiger charge is -2.07. The van der Waals surface area contributed by atoms with Gasteiger partial charge in [0.15, 0.2) is 5.69 Å². The van der Waals surface area contributed by atoms with Gasteiger partial charge < -0.3 is 10.6 Å². The third kappa shape index (κ3) is 5.47. The number of fused-ring (bicyclic) bond motifs is 6. The van der Waals surface area contributed by atoms with E-state index in [1.807, 2.05) is 16.9 Å². The molecule has 1 aliphatic rings. The molecule has 1 aliphatic heterocycles. The quantitative estimate of drug-likeness (QED) is 0.378. The number of carbonyl (C=O) groups is 2. The zero-order chi connectivity index (χ0) is 22.3. The number of alkyl halides is 1. The first kappa shape index (κ1) is 22.3. The van der Waals surface area contributed by atoms with Gasteiger partial charge in [-0.1, -0.05) is 29.8 Å². The molecule has 168 valence electrons. The van der Waals surface area contributed by atoms with Crippen LogP contribution in [0.4, 0.5) is 5.69 Å². The van der Waals surface area contributed by atoms with Crippen molar-refractivity contribution in [3.8, 4) is 11.3 Å². The number of pyridine rings is 1. The van der Waals surface area contributed by atoms with Gasteiger partial charge in [-0.3, -0.25) is 19.0 Å². The van der Waals surface area contributed by atoms with Gasteiger partial charge in [0.05, 0.1) is 28.3 Å². The Morgan fingerprint density at radius 2 is 1.84 bits per heavy atom. The molecule has 0 aliphatic carbocycles. The molecular weight excluding hydrogens is 521 g/mol. The zero-order valence-electron chi connectivity index (χ0n) is 17.8. The fraction of sp³-hybridized carbons (Fsp3) is 0.364. The molecule has 0 radical (unpaired) electrons. The summed E-state index contributed by atoms with van der Waals surface area (Å²) in [5.41, 5.74) is 2.40. The number of carbonyl (C=O) groups excluding carboxylic acids is 2. The zero-order valence-corrected chi connectivity index (χ0v) is 19.9. The summed E-state index contributed by atoms with van der Waals surface area (Å²) < 4.78 is 8.20. The molecular formula is C22H26IN7O2. The van der Waals surface area contributed by atoms with E-state index in [0.29, 0.717) is 22.5 Å². The lowest BCUT2D eigenvalue weighted by Crippen LogP contribution is -2.26. The van der Waals surface area contributed by atoms with E-state index in [1.165, 1.54) is 0 Å². The second kappa shape index (κ2) is 10.6. The number of hydrogen-bond donors (Lipinski definition) is 2. The van der Waals surface area contributed by atoms with Gasteiger partial charge in [-0.2, -0.15) is 10.2 Å². The third-order valence-electron chi connectivity index (χ3n) is 5.19. The summed E-state index contributed by atoms with van der Waals surface area (Å²) in [7, 11) is 0. The maximum atomic E-state index is 12.9. The van der Waals surface area contributed by atoms with Crippen LogP contribution in [0.5, 0.6) is 0 Å². The summed E-state index contributed by atoms with van der Waals surface area (Å²) in [4.78, 5) is 30.2. The molecule has 3 aromatic rings. The van der Waals surface area contributed by atoms with E-state index in [9.17, 15) is 9.59 Å². The Labute approximate surface area is 196 Å². The summed E-state index contributed by atoms with van der Waals surface area (Å²) in [6.07, 6.45) is 10.6. The van der Waals surface area contributed by atoms with Crippen molar-refractivity contribution in [2.75, 3.05) is 11.9 Å². The van der Waals surface area contributed by atoms with Crippen molar-refractivity contribution in [1.29, 1.82) is 0 Å². The molecule has 3 aromatic heterocycles. The van der Waals surface area contributed by atoms with Crippen molar-refractivity contribution >= 4 is 42.7 Å². The molecule has 0 saturated heterocycles. The predicted octanol–water partition coefficient (Wildman–Crippen LogP) is 3.45. The molecule has 4 heterocycles. The van der Waals surface area contributed by atoms with Crippen molar-refractivity contribution in [3.05, 3.63) is 48.2 Å². The monoisotopic (exact) mass is 547 g/mol. The number of nitrogens with one attached hydrogen (secondary N) is 2. The molecule has 10 heteroatoms. The number of aryl methyl sites for hydroxylation is 1. The number of hydrogen-bond acceptors (Lipinski definition) is 5. The molecule has 4 bridgehead atoms. The average Bonchev–Trinajstić information content (AvgIpc) is 3.42. The van der Waals surface area contributed by atoms with Crippen LogP contribution >= 0.6 is 20.7 Å². The molecule has 0 spiro atoms. The van der Waals surface area contributed by atoms with Crippen LogP contribution in [0, 0.1) is 0 Å². The molecule has 4 rings (SSSR count). The van der Waals surface area contributed by atoms with Crippen molar-refractivity contribution in [1.82, 2.24) is 29.9 Å². The molecule has 0 atom stereocenters. The minimum Gasteiger partial charge on any atom is -0.351 e. The molecule has 32 heavy (non-hydrogen) atoms. The van der Waals surface area contributed by atoms with E-state index in [1.54, 1.807) is 29.2 Å². The van der Waals surface area contributed by atoms with Gasteiger partial charge in [-0.15, -0.1) is 20.7 Å². The number of anilines is 1. The molecule has 2 amide bonds. The van der Waals surface area contributed by atoms with Crippen LogP contribution in [-0.2, 0) is 11.1 Å². The molecule has 0 fully saturated rings. The average molecular weight is 547 g/mol. The SMILES string of the molecule is C=ICn1cc2c(n1)C(=O)NCCCCCCCn1cc(cn1)-c1cccc(n1)C(=O)N2. The van der Waals surface area contributed by atoms with Crippen molar-refractivity contribution < 1.29 is 9.59 Å². The Balaban J connectivity index is 1.64. The van der Waals surface area contributed by atoms with Crippen molar-refractivity contribution in [2.24, 2.45) is 0 Å². The maximum absolute atomic E-state index is 12.9. The Bertz CT molecular complexity index is 1120. The van der Waals surface area contributed by atoms with E-state index in [4.69, 9.17) is 0 Å². The standard InChI is InChI=1S/C22H26IN7O2/c1-23-15-30-14-19-20(28-30)22(32)24-10-5-3-2-4-6-11-29-13-16(12-25-29)17-8-7-9-18(26-17)21(31)27-19/h7-9,12-14H,1-6,10-11,15H2,(H,24,32)(H,27,31). The van der Waals surface area contributed by atoms with Crippen LogP contribution in [0.3, 0.4) is 0 Å². The first-order valence-corrected chi connectivity index (χ1v) is 13.7. The number of nitrogens with zero attached hydrogens (tertiary/aromatic N) is 5. The van der Waals surface area contributed by atoms with Crippen LogP contribution < -0.4 is 10.6 Å². The van der Waals surface area contributed by atoms with Gasteiger partial charge in [0.25, 0.3) is 11.8 Å². The smallest absolute Gasteiger partial charge is 0.274 e. The highest BCUT2D eigenvalue weighted by Gasteiger charge is 2.20. The maximum Gasteiger partial charge on any atom is 0.274 e. The topological polar surface area (TPSA) is 107 Å². The third-order valence-corrected chi connectivity index (χ3v) is 6.37. The molecule has 0 saturated carbocycles. The number of amides is 2. The van der Waals surface area contributed by atoms with Gasteiger partial charge in [0.2, 0.25) is 0 Å². The molecule has 9 nitrogen and oxygen atoms in total. The lowest BCUT2D eigenvalue weighted by molar-refractivity contribution is 0.0948. The number of halogens is 1. The fourth-order valence-electron chi connectivity index (χ4n) is 3.57. The van der Waals surface area contributed by atoms with Crippen LogP contribution in [0.15, 0.2) is 36.8 Å². The molecule has 0 unspecified atom stereocenters. The first-order chi connectivity index (χ1) is 15.6. The van der Waals surface area contributed by atoms with Gasteiger partial charge in [0.1, 0.15) is 5.69 Å². The summed E-state index contributed by atoms with van der Waals surface area (Å²) in [5.74, 6) is -0.678. The number of aromatic nitrogens is 5. The van der Waals surface area contributed by atoms with Gasteiger partial charge >= 0.3 is 0 Å². The molecule has 2 N–H and O–H groups in total. The van der Waals surface area contributed by atoms with Crippen LogP contribution in [0.25, 0.3) is 11.3 Å². The predicted molar refractivity (Wildman–Crippen MR) is 132 cm³/mol. The highest BCUT2D eigenvalue weighted by Crippen LogP contribution is 2.20. The highest BCUT2D eigenvalue weighted by molar-refractivity contribution is 14.2. The fourth-order valence-corrected chi connectivity index (χ4v) is 4.41. The van der Waals surface area contributed by atoms with E-state index in [-0.39, 0.29) is 38.0 Å². The summed E-state index contributed by atoms with van der Waals surface area (Å²) >= 11 is -0.312. The normalized spacial score (nSPS) is 15.6. The Kier molecular flexibility index (Phi) is 7.40. The Hall–Kier alpha value is -2.89. The van der Waals surface area contributed by atoms with Crippen LogP contribution in [-0.4, -0.2) is 47.4 Å². The highest BCUT2D eigenvalue weighted by atomic mass is 127. The largest absolute Gasteiger partial charge is 0.351 e.